The molecule has 2 aliphatic heterocycles. The van der Waals surface area contributed by atoms with Gasteiger partial charge in [0, 0.05) is 34.4 Å². The fourth-order valence-electron chi connectivity index (χ4n) is 5.43. The van der Waals surface area contributed by atoms with Crippen molar-refractivity contribution >= 4 is 11.0 Å². The van der Waals surface area contributed by atoms with Gasteiger partial charge in [-0.2, -0.15) is 5.10 Å². The molecule has 0 bridgehead atoms. The number of benzene rings is 3. The highest BCUT2D eigenvalue weighted by atomic mass is 16.5. The van der Waals surface area contributed by atoms with E-state index < -0.39 is 0 Å². The Balaban J connectivity index is 1.56. The first-order valence-corrected chi connectivity index (χ1v) is 11.8. The number of aryl methyl sites for hydroxylation is 1. The third-order valence-corrected chi connectivity index (χ3v) is 7.02. The van der Waals surface area contributed by atoms with Gasteiger partial charge in [0.1, 0.15) is 17.0 Å². The number of aromatic nitrogens is 2. The van der Waals surface area contributed by atoms with Gasteiger partial charge in [-0.1, -0.05) is 48.5 Å². The van der Waals surface area contributed by atoms with Crippen LogP contribution in [0.15, 0.2) is 88.1 Å². The van der Waals surface area contributed by atoms with Crippen LogP contribution in [0.2, 0.25) is 0 Å². The SMILES string of the molecule is Cc1cc(=O)oc2c3c(ccc12)OC[C@H]1COc2c(c(-c4ccccc4)nn2-c2ccccc2)[C@@H]31. The summed E-state index contributed by atoms with van der Waals surface area (Å²) in [5.41, 5.74) is 5.80. The molecule has 0 N–H and O–H groups in total. The van der Waals surface area contributed by atoms with Crippen molar-refractivity contribution in [2.24, 2.45) is 5.92 Å². The number of nitrogens with zero attached hydrogens (tertiary/aromatic N) is 2. The second-order valence-electron chi connectivity index (χ2n) is 9.14. The minimum Gasteiger partial charge on any atom is -0.493 e. The Morgan fingerprint density at radius 3 is 2.43 bits per heavy atom. The van der Waals surface area contributed by atoms with Gasteiger partial charge in [-0.05, 0) is 36.8 Å². The summed E-state index contributed by atoms with van der Waals surface area (Å²) in [4.78, 5) is 12.4. The van der Waals surface area contributed by atoms with Crippen molar-refractivity contribution in [2.45, 2.75) is 12.8 Å². The highest BCUT2D eigenvalue weighted by Crippen LogP contribution is 2.53. The molecule has 3 aromatic carbocycles. The Bertz CT molecular complexity index is 1640. The summed E-state index contributed by atoms with van der Waals surface area (Å²) in [6, 6.07) is 25.7. The molecule has 0 radical (unpaired) electrons. The Hall–Kier alpha value is -4.32. The van der Waals surface area contributed by atoms with Crippen molar-refractivity contribution < 1.29 is 13.9 Å². The Morgan fingerprint density at radius 2 is 1.63 bits per heavy atom. The van der Waals surface area contributed by atoms with E-state index in [0.717, 1.165) is 50.7 Å². The van der Waals surface area contributed by atoms with Gasteiger partial charge in [0.2, 0.25) is 5.88 Å². The van der Waals surface area contributed by atoms with Crippen molar-refractivity contribution in [1.82, 2.24) is 9.78 Å². The molecule has 2 atom stereocenters. The number of rotatable bonds is 2. The van der Waals surface area contributed by atoms with E-state index in [9.17, 15) is 4.79 Å². The maximum Gasteiger partial charge on any atom is 0.336 e. The van der Waals surface area contributed by atoms with Gasteiger partial charge in [0.05, 0.1) is 24.5 Å². The van der Waals surface area contributed by atoms with Crippen LogP contribution in [0.4, 0.5) is 0 Å². The second kappa shape index (κ2) is 7.60. The maximum absolute atomic E-state index is 12.4. The number of hydrogen-bond donors (Lipinski definition) is 0. The molecular weight excluding hydrogens is 440 g/mol. The van der Waals surface area contributed by atoms with Gasteiger partial charge < -0.3 is 13.9 Å². The summed E-state index contributed by atoms with van der Waals surface area (Å²) < 4.78 is 20.3. The lowest BCUT2D eigenvalue weighted by atomic mass is 9.76. The quantitative estimate of drug-likeness (QED) is 0.325. The Kier molecular flexibility index (Phi) is 4.36. The molecule has 0 saturated carbocycles. The van der Waals surface area contributed by atoms with Gasteiger partial charge in [-0.15, -0.1) is 0 Å². The summed E-state index contributed by atoms with van der Waals surface area (Å²) in [6.07, 6.45) is 0. The highest BCUT2D eigenvalue weighted by Gasteiger charge is 2.44. The summed E-state index contributed by atoms with van der Waals surface area (Å²) >= 11 is 0. The normalized spacial score (nSPS) is 18.2. The number of hydrogen-bond acceptors (Lipinski definition) is 5. The van der Waals surface area contributed by atoms with Crippen LogP contribution in [0.1, 0.15) is 22.6 Å². The van der Waals surface area contributed by atoms with Gasteiger partial charge in [0.25, 0.3) is 0 Å². The topological polar surface area (TPSA) is 66.5 Å². The average molecular weight is 463 g/mol. The third kappa shape index (κ3) is 3.03. The summed E-state index contributed by atoms with van der Waals surface area (Å²) in [5.74, 6) is 1.43. The molecule has 6 heteroatoms. The standard InChI is InChI=1S/C29H22N2O4/c1-17-14-23(32)35-28-21(17)12-13-22-25(28)24-19(15-33-22)16-34-29-26(24)27(18-8-4-2-5-9-18)30-31(29)20-10-6-3-7-11-20/h2-14,19,24H,15-16H2,1H3/t19-,24+/m0/s1. The Labute approximate surface area is 201 Å². The third-order valence-electron chi connectivity index (χ3n) is 7.02. The number of fused-ring (bicyclic) bond motifs is 7. The first kappa shape index (κ1) is 20.1. The molecule has 0 spiro atoms. The number of para-hydroxylation sites is 1. The lowest BCUT2D eigenvalue weighted by molar-refractivity contribution is 0.121. The van der Waals surface area contributed by atoms with E-state index in [1.54, 1.807) is 0 Å². The van der Waals surface area contributed by atoms with E-state index in [1.807, 2.05) is 72.3 Å². The van der Waals surface area contributed by atoms with Crippen LogP contribution in [0, 0.1) is 12.8 Å². The van der Waals surface area contributed by atoms with E-state index in [-0.39, 0.29) is 17.5 Å². The average Bonchev–Trinajstić information content (AvgIpc) is 3.29. The van der Waals surface area contributed by atoms with Gasteiger partial charge >= 0.3 is 5.63 Å². The lowest BCUT2D eigenvalue weighted by Crippen LogP contribution is -2.35. The van der Waals surface area contributed by atoms with Crippen LogP contribution < -0.4 is 15.1 Å². The van der Waals surface area contributed by atoms with Gasteiger partial charge in [-0.25, -0.2) is 9.48 Å². The zero-order valence-electron chi connectivity index (χ0n) is 19.1. The fourth-order valence-corrected chi connectivity index (χ4v) is 5.43. The van der Waals surface area contributed by atoms with Crippen molar-refractivity contribution in [1.29, 1.82) is 0 Å². The molecule has 6 nitrogen and oxygen atoms in total. The molecule has 5 aromatic rings. The Morgan fingerprint density at radius 1 is 0.886 bits per heavy atom. The first-order chi connectivity index (χ1) is 17.2. The van der Waals surface area contributed by atoms with Crippen LogP contribution in [0.3, 0.4) is 0 Å². The zero-order chi connectivity index (χ0) is 23.5. The van der Waals surface area contributed by atoms with Crippen molar-refractivity contribution in [3.05, 3.63) is 106 Å². The predicted octanol–water partition coefficient (Wildman–Crippen LogP) is 5.49. The molecule has 2 aromatic heterocycles. The molecule has 35 heavy (non-hydrogen) atoms. The van der Waals surface area contributed by atoms with E-state index in [4.69, 9.17) is 19.0 Å². The minimum atomic E-state index is -0.360. The molecular formula is C29H22N2O4. The van der Waals surface area contributed by atoms with Gasteiger partial charge in [0.15, 0.2) is 0 Å². The van der Waals surface area contributed by atoms with Crippen molar-refractivity contribution in [2.75, 3.05) is 13.2 Å². The lowest BCUT2D eigenvalue weighted by Gasteiger charge is -2.37. The maximum atomic E-state index is 12.4. The van der Waals surface area contributed by atoms with E-state index >= 15 is 0 Å². The van der Waals surface area contributed by atoms with E-state index in [0.29, 0.717) is 18.8 Å². The molecule has 7 rings (SSSR count). The van der Waals surface area contributed by atoms with Crippen LogP contribution in [-0.4, -0.2) is 23.0 Å². The largest absolute Gasteiger partial charge is 0.493 e. The fraction of sp³-hybridized carbons (Fsp3) is 0.172. The smallest absolute Gasteiger partial charge is 0.336 e. The molecule has 0 saturated heterocycles. The van der Waals surface area contributed by atoms with Crippen molar-refractivity contribution in [3.63, 3.8) is 0 Å². The van der Waals surface area contributed by atoms with E-state index in [2.05, 4.69) is 12.1 Å². The molecule has 0 amide bonds. The summed E-state index contributed by atoms with van der Waals surface area (Å²) in [5, 5.41) is 5.98. The number of ether oxygens (including phenoxy) is 2. The first-order valence-electron chi connectivity index (χ1n) is 11.8. The predicted molar refractivity (Wildman–Crippen MR) is 133 cm³/mol. The summed E-state index contributed by atoms with van der Waals surface area (Å²) in [7, 11) is 0. The van der Waals surface area contributed by atoms with Crippen LogP contribution >= 0.6 is 0 Å². The zero-order valence-corrected chi connectivity index (χ0v) is 19.1. The minimum absolute atomic E-state index is 0.0577. The molecule has 0 unspecified atom stereocenters. The second-order valence-corrected chi connectivity index (χ2v) is 9.14. The highest BCUT2D eigenvalue weighted by molar-refractivity contribution is 5.87. The summed E-state index contributed by atoms with van der Waals surface area (Å²) in [6.45, 7) is 2.94. The molecule has 0 aliphatic carbocycles. The molecule has 172 valence electrons. The monoisotopic (exact) mass is 462 g/mol. The van der Waals surface area contributed by atoms with Crippen LogP contribution in [-0.2, 0) is 0 Å². The van der Waals surface area contributed by atoms with Crippen molar-refractivity contribution in [3.8, 4) is 28.6 Å². The molecule has 4 heterocycles. The molecule has 2 aliphatic rings. The van der Waals surface area contributed by atoms with Crippen LogP contribution in [0.5, 0.6) is 11.6 Å². The van der Waals surface area contributed by atoms with Crippen LogP contribution in [0.25, 0.3) is 27.9 Å². The van der Waals surface area contributed by atoms with E-state index in [1.165, 1.54) is 6.07 Å². The molecule has 0 fully saturated rings. The van der Waals surface area contributed by atoms with Gasteiger partial charge in [-0.3, -0.25) is 0 Å².